The number of hydrogen-bond donors (Lipinski definition) is 1. The third-order valence-corrected chi connectivity index (χ3v) is 6.60. The molecule has 0 amide bonds. The second-order valence-corrected chi connectivity index (χ2v) is 8.65. The molecule has 0 spiro atoms. The Balaban J connectivity index is 1.54. The topological polar surface area (TPSA) is 88.3 Å². The van der Waals surface area contributed by atoms with Crippen LogP contribution < -0.4 is 4.72 Å². The van der Waals surface area contributed by atoms with Crippen LogP contribution in [0.4, 0.5) is 5.69 Å². The predicted octanol–water partition coefficient (Wildman–Crippen LogP) is 3.14. The molecule has 1 aliphatic heterocycles. The van der Waals surface area contributed by atoms with Crippen molar-refractivity contribution < 1.29 is 12.9 Å². The van der Waals surface area contributed by atoms with Gasteiger partial charge in [0.2, 0.25) is 11.7 Å². The van der Waals surface area contributed by atoms with Crippen molar-refractivity contribution in [2.75, 3.05) is 17.8 Å². The van der Waals surface area contributed by atoms with Crippen LogP contribution in [-0.2, 0) is 16.6 Å². The van der Waals surface area contributed by atoms with Gasteiger partial charge in [-0.05, 0) is 35.9 Å². The van der Waals surface area contributed by atoms with Crippen molar-refractivity contribution in [2.24, 2.45) is 0 Å². The molecule has 1 fully saturated rings. The number of para-hydroxylation sites is 1. The standard InChI is InChI=1S/C17H18N4O3S2/c22-26(23,21-9-3-4-10-21)20-14-7-2-1-6-13(14)12-16-18-17(19-24-16)15-8-5-11-25-15/h1-2,5-8,11,20H,3-4,9-10,12H2. The molecule has 1 aromatic carbocycles. The molecule has 26 heavy (non-hydrogen) atoms. The van der Waals surface area contributed by atoms with E-state index in [2.05, 4.69) is 14.9 Å². The van der Waals surface area contributed by atoms with Gasteiger partial charge in [0.15, 0.2) is 0 Å². The van der Waals surface area contributed by atoms with Gasteiger partial charge in [0.25, 0.3) is 0 Å². The zero-order chi connectivity index (χ0) is 18.0. The summed E-state index contributed by atoms with van der Waals surface area (Å²) in [7, 11) is -3.54. The second-order valence-electron chi connectivity index (χ2n) is 6.04. The fourth-order valence-corrected chi connectivity index (χ4v) is 4.90. The summed E-state index contributed by atoms with van der Waals surface area (Å²) in [6.45, 7) is 1.12. The molecule has 7 nitrogen and oxygen atoms in total. The fourth-order valence-electron chi connectivity index (χ4n) is 2.90. The Bertz CT molecular complexity index is 977. The van der Waals surface area contributed by atoms with E-state index >= 15 is 0 Å². The summed E-state index contributed by atoms with van der Waals surface area (Å²) in [6.07, 6.45) is 2.16. The molecule has 1 aliphatic rings. The molecule has 136 valence electrons. The molecule has 3 heterocycles. The third-order valence-electron chi connectivity index (χ3n) is 4.21. The van der Waals surface area contributed by atoms with Gasteiger partial charge in [-0.25, -0.2) is 0 Å². The Hall–Kier alpha value is -2.23. The number of nitrogens with zero attached hydrogens (tertiary/aromatic N) is 3. The summed E-state index contributed by atoms with van der Waals surface area (Å²) >= 11 is 1.54. The van der Waals surface area contributed by atoms with E-state index in [1.165, 1.54) is 15.6 Å². The maximum atomic E-state index is 12.5. The number of rotatable bonds is 6. The highest BCUT2D eigenvalue weighted by atomic mass is 32.2. The van der Waals surface area contributed by atoms with E-state index in [0.29, 0.717) is 36.9 Å². The summed E-state index contributed by atoms with van der Waals surface area (Å²) < 4.78 is 34.6. The summed E-state index contributed by atoms with van der Waals surface area (Å²) in [6, 6.07) is 11.1. The van der Waals surface area contributed by atoms with E-state index < -0.39 is 10.2 Å². The zero-order valence-corrected chi connectivity index (χ0v) is 15.6. The molecule has 0 unspecified atom stereocenters. The average molecular weight is 390 g/mol. The van der Waals surface area contributed by atoms with Crippen LogP contribution >= 0.6 is 11.3 Å². The van der Waals surface area contributed by atoms with Gasteiger partial charge in [0.05, 0.1) is 17.0 Å². The van der Waals surface area contributed by atoms with Crippen molar-refractivity contribution in [3.8, 4) is 10.7 Å². The Kier molecular flexibility index (Phi) is 4.75. The quantitative estimate of drug-likeness (QED) is 0.698. The van der Waals surface area contributed by atoms with Gasteiger partial charge in [-0.15, -0.1) is 11.3 Å². The van der Waals surface area contributed by atoms with E-state index in [1.54, 1.807) is 12.1 Å². The molecule has 9 heteroatoms. The largest absolute Gasteiger partial charge is 0.339 e. The van der Waals surface area contributed by atoms with Crippen molar-refractivity contribution in [2.45, 2.75) is 19.3 Å². The molecular weight excluding hydrogens is 372 g/mol. The van der Waals surface area contributed by atoms with Crippen molar-refractivity contribution in [3.05, 3.63) is 53.2 Å². The highest BCUT2D eigenvalue weighted by Gasteiger charge is 2.26. The first kappa shape index (κ1) is 17.2. The highest BCUT2D eigenvalue weighted by Crippen LogP contribution is 2.25. The summed E-state index contributed by atoms with van der Waals surface area (Å²) in [5.41, 5.74) is 1.33. The smallest absolute Gasteiger partial charge is 0.301 e. The lowest BCUT2D eigenvalue weighted by atomic mass is 10.1. The fraction of sp³-hybridized carbons (Fsp3) is 0.294. The normalized spacial score (nSPS) is 15.4. The Morgan fingerprint density at radius 3 is 2.73 bits per heavy atom. The first-order valence-electron chi connectivity index (χ1n) is 8.34. The van der Waals surface area contributed by atoms with Crippen molar-refractivity contribution in [1.82, 2.24) is 14.4 Å². The van der Waals surface area contributed by atoms with Crippen LogP contribution in [0.5, 0.6) is 0 Å². The minimum Gasteiger partial charge on any atom is -0.339 e. The van der Waals surface area contributed by atoms with E-state index in [1.807, 2.05) is 29.6 Å². The van der Waals surface area contributed by atoms with E-state index in [9.17, 15) is 8.42 Å². The number of anilines is 1. The Morgan fingerprint density at radius 1 is 1.15 bits per heavy atom. The molecule has 1 N–H and O–H groups in total. The van der Waals surface area contributed by atoms with E-state index in [-0.39, 0.29) is 0 Å². The first-order chi connectivity index (χ1) is 12.6. The molecule has 0 saturated carbocycles. The summed E-state index contributed by atoms with van der Waals surface area (Å²) in [5, 5.41) is 5.95. The Morgan fingerprint density at radius 2 is 1.96 bits per heavy atom. The van der Waals surface area contributed by atoms with Gasteiger partial charge >= 0.3 is 10.2 Å². The molecule has 1 saturated heterocycles. The number of aromatic nitrogens is 2. The van der Waals surface area contributed by atoms with Crippen molar-refractivity contribution >= 4 is 27.2 Å². The lowest BCUT2D eigenvalue weighted by molar-refractivity contribution is 0.386. The minimum atomic E-state index is -3.54. The number of hydrogen-bond acceptors (Lipinski definition) is 6. The Labute approximate surface area is 155 Å². The lowest BCUT2D eigenvalue weighted by Gasteiger charge is -2.18. The second kappa shape index (κ2) is 7.18. The number of benzene rings is 1. The van der Waals surface area contributed by atoms with Crippen LogP contribution in [-0.4, -0.2) is 36.0 Å². The zero-order valence-electron chi connectivity index (χ0n) is 14.0. The van der Waals surface area contributed by atoms with Crippen molar-refractivity contribution in [1.29, 1.82) is 0 Å². The SMILES string of the molecule is O=S(=O)(Nc1ccccc1Cc1nc(-c2cccs2)no1)N1CCCC1. The summed E-state index contributed by atoms with van der Waals surface area (Å²) in [4.78, 5) is 5.34. The first-order valence-corrected chi connectivity index (χ1v) is 10.7. The predicted molar refractivity (Wildman–Crippen MR) is 100 cm³/mol. The van der Waals surface area contributed by atoms with Crippen molar-refractivity contribution in [3.63, 3.8) is 0 Å². The number of nitrogens with one attached hydrogen (secondary N) is 1. The molecule has 0 aliphatic carbocycles. The monoisotopic (exact) mass is 390 g/mol. The van der Waals surface area contributed by atoms with Crippen LogP contribution in [0.3, 0.4) is 0 Å². The average Bonchev–Trinajstić information content (AvgIpc) is 3.39. The molecule has 0 atom stereocenters. The van der Waals surface area contributed by atoms with Crippen LogP contribution in [0.15, 0.2) is 46.3 Å². The lowest BCUT2D eigenvalue weighted by Crippen LogP contribution is -2.33. The molecule has 2 aromatic heterocycles. The van der Waals surface area contributed by atoms with Crippen LogP contribution in [0.1, 0.15) is 24.3 Å². The van der Waals surface area contributed by atoms with Gasteiger partial charge in [-0.3, -0.25) is 4.72 Å². The summed E-state index contributed by atoms with van der Waals surface area (Å²) in [5.74, 6) is 0.992. The van der Waals surface area contributed by atoms with Gasteiger partial charge < -0.3 is 4.52 Å². The third kappa shape index (κ3) is 3.64. The van der Waals surface area contributed by atoms with Gasteiger partial charge in [-0.1, -0.05) is 29.4 Å². The molecule has 0 radical (unpaired) electrons. The maximum Gasteiger partial charge on any atom is 0.301 e. The van der Waals surface area contributed by atoms with Gasteiger partial charge in [-0.2, -0.15) is 17.7 Å². The van der Waals surface area contributed by atoms with Gasteiger partial charge in [0, 0.05) is 13.1 Å². The maximum absolute atomic E-state index is 12.5. The van der Waals surface area contributed by atoms with Crippen LogP contribution in [0, 0.1) is 0 Å². The van der Waals surface area contributed by atoms with E-state index in [0.717, 1.165) is 23.3 Å². The van der Waals surface area contributed by atoms with Crippen LogP contribution in [0.25, 0.3) is 10.7 Å². The van der Waals surface area contributed by atoms with Crippen LogP contribution in [0.2, 0.25) is 0 Å². The molecular formula is C17H18N4O3S2. The van der Waals surface area contributed by atoms with E-state index in [4.69, 9.17) is 4.52 Å². The molecule has 4 rings (SSSR count). The molecule has 0 bridgehead atoms. The minimum absolute atomic E-state index is 0.358. The highest BCUT2D eigenvalue weighted by molar-refractivity contribution is 7.90. The number of thiophene rings is 1. The molecule has 3 aromatic rings. The van der Waals surface area contributed by atoms with Gasteiger partial charge in [0.1, 0.15) is 0 Å².